The maximum Gasteiger partial charge on any atom is 0.261 e. The number of aromatic amines is 1. The van der Waals surface area contributed by atoms with Crippen LogP contribution in [0.15, 0.2) is 53.3 Å². The van der Waals surface area contributed by atoms with Crippen LogP contribution in [0.25, 0.3) is 21.9 Å². The largest absolute Gasteiger partial charge is 0.345 e. The summed E-state index contributed by atoms with van der Waals surface area (Å²) in [6.45, 7) is 5.86. The summed E-state index contributed by atoms with van der Waals surface area (Å²) >= 11 is 0. The van der Waals surface area contributed by atoms with Crippen molar-refractivity contribution in [2.45, 2.75) is 39.8 Å². The molecule has 1 unspecified atom stereocenters. The number of carbonyl (C=O) groups excluding carboxylic acids is 1. The molecule has 4 aromatic rings. The average molecular weight is 403 g/mol. The molecule has 0 radical (unpaired) electrons. The van der Waals surface area contributed by atoms with Gasteiger partial charge in [0.05, 0.1) is 28.0 Å². The van der Waals surface area contributed by atoms with Crippen LogP contribution in [0.4, 0.5) is 0 Å². The van der Waals surface area contributed by atoms with E-state index in [0.29, 0.717) is 22.6 Å². The van der Waals surface area contributed by atoms with E-state index in [-0.39, 0.29) is 24.1 Å². The second kappa shape index (κ2) is 8.10. The number of benzene rings is 2. The van der Waals surface area contributed by atoms with Gasteiger partial charge >= 0.3 is 0 Å². The molecule has 154 valence electrons. The normalized spacial score (nSPS) is 12.5. The molecule has 2 N–H and O–H groups in total. The number of fused-ring (bicyclic) bond motifs is 2. The van der Waals surface area contributed by atoms with E-state index in [1.807, 2.05) is 30.3 Å². The Kier molecular flexibility index (Phi) is 5.35. The highest BCUT2D eigenvalue weighted by Gasteiger charge is 2.21. The fourth-order valence-corrected chi connectivity index (χ4v) is 3.70. The molecule has 7 nitrogen and oxygen atoms in total. The van der Waals surface area contributed by atoms with Crippen LogP contribution in [-0.4, -0.2) is 25.4 Å². The minimum Gasteiger partial charge on any atom is -0.345 e. The fraction of sp³-hybridized carbons (Fsp3) is 0.304. The second-order valence-corrected chi connectivity index (χ2v) is 7.96. The van der Waals surface area contributed by atoms with Gasteiger partial charge in [-0.3, -0.25) is 14.2 Å². The molecule has 1 atom stereocenters. The molecule has 0 spiro atoms. The van der Waals surface area contributed by atoms with Gasteiger partial charge in [0.25, 0.3) is 5.56 Å². The first-order valence-electron chi connectivity index (χ1n) is 10.1. The molecule has 0 saturated heterocycles. The Balaban J connectivity index is 1.60. The lowest BCUT2D eigenvalue weighted by molar-refractivity contribution is -0.122. The van der Waals surface area contributed by atoms with Crippen LogP contribution in [0.2, 0.25) is 0 Å². The lowest BCUT2D eigenvalue weighted by atomic mass is 10.0. The molecule has 0 aliphatic rings. The van der Waals surface area contributed by atoms with Crippen LogP contribution in [-0.2, 0) is 11.3 Å². The number of amides is 1. The number of hydrogen-bond donors (Lipinski definition) is 2. The monoisotopic (exact) mass is 403 g/mol. The molecule has 0 fully saturated rings. The molecule has 0 aliphatic heterocycles. The molecule has 0 saturated carbocycles. The van der Waals surface area contributed by atoms with E-state index in [0.717, 1.165) is 23.3 Å². The van der Waals surface area contributed by atoms with Crippen molar-refractivity contribution in [3.63, 3.8) is 0 Å². The van der Waals surface area contributed by atoms with E-state index in [2.05, 4.69) is 34.1 Å². The first-order valence-corrected chi connectivity index (χ1v) is 10.1. The van der Waals surface area contributed by atoms with E-state index in [9.17, 15) is 9.59 Å². The van der Waals surface area contributed by atoms with Crippen molar-refractivity contribution in [1.82, 2.24) is 24.8 Å². The predicted molar refractivity (Wildman–Crippen MR) is 117 cm³/mol. The Morgan fingerprint density at radius 2 is 1.77 bits per heavy atom. The van der Waals surface area contributed by atoms with Crippen molar-refractivity contribution in [1.29, 1.82) is 0 Å². The van der Waals surface area contributed by atoms with Gasteiger partial charge in [-0.25, -0.2) is 9.97 Å². The molecule has 7 heteroatoms. The molecule has 2 aromatic heterocycles. The van der Waals surface area contributed by atoms with Gasteiger partial charge < -0.3 is 10.3 Å². The van der Waals surface area contributed by atoms with Crippen LogP contribution in [0.5, 0.6) is 0 Å². The number of hydrogen-bond acceptors (Lipinski definition) is 4. The van der Waals surface area contributed by atoms with Crippen molar-refractivity contribution in [2.24, 2.45) is 5.92 Å². The van der Waals surface area contributed by atoms with E-state index in [1.54, 1.807) is 25.1 Å². The molecule has 0 bridgehead atoms. The molecule has 30 heavy (non-hydrogen) atoms. The third-order valence-electron chi connectivity index (χ3n) is 5.13. The Morgan fingerprint density at radius 3 is 2.50 bits per heavy atom. The summed E-state index contributed by atoms with van der Waals surface area (Å²) in [6.07, 6.45) is 0.732. The number of imidazole rings is 1. The van der Waals surface area contributed by atoms with Gasteiger partial charge in [0.2, 0.25) is 5.91 Å². The van der Waals surface area contributed by atoms with E-state index >= 15 is 0 Å². The van der Waals surface area contributed by atoms with Gasteiger partial charge in [-0.05, 0) is 43.5 Å². The molecule has 1 amide bonds. The Bertz CT molecular complexity index is 1240. The Morgan fingerprint density at radius 1 is 1.07 bits per heavy atom. The van der Waals surface area contributed by atoms with Crippen LogP contribution >= 0.6 is 0 Å². The number of nitrogens with one attached hydrogen (secondary N) is 2. The van der Waals surface area contributed by atoms with E-state index in [4.69, 9.17) is 0 Å². The minimum absolute atomic E-state index is 0.0860. The van der Waals surface area contributed by atoms with Gasteiger partial charge in [0.1, 0.15) is 18.2 Å². The minimum atomic E-state index is -0.269. The highest BCUT2D eigenvalue weighted by molar-refractivity contribution is 5.80. The van der Waals surface area contributed by atoms with Crippen LogP contribution in [0, 0.1) is 12.8 Å². The molecule has 0 aliphatic carbocycles. The van der Waals surface area contributed by atoms with Gasteiger partial charge in [-0.1, -0.05) is 38.1 Å². The van der Waals surface area contributed by atoms with Gasteiger partial charge in [-0.2, -0.15) is 0 Å². The number of nitrogens with zero attached hydrogens (tertiary/aromatic N) is 3. The molecular formula is C23H25N5O2. The maximum atomic E-state index is 12.9. The first-order chi connectivity index (χ1) is 14.4. The zero-order chi connectivity index (χ0) is 21.3. The Labute approximate surface area is 174 Å². The summed E-state index contributed by atoms with van der Waals surface area (Å²) in [5, 5.41) is 3.56. The average Bonchev–Trinajstić information content (AvgIpc) is 3.14. The molecule has 2 aromatic carbocycles. The number of carbonyl (C=O) groups is 1. The van der Waals surface area contributed by atoms with Crippen LogP contribution in [0.1, 0.15) is 38.0 Å². The zero-order valence-corrected chi connectivity index (χ0v) is 17.3. The summed E-state index contributed by atoms with van der Waals surface area (Å²) in [5.41, 5.74) is 2.22. The lowest BCUT2D eigenvalue weighted by Crippen LogP contribution is -2.36. The highest BCUT2D eigenvalue weighted by atomic mass is 16.2. The number of para-hydroxylation sites is 3. The zero-order valence-electron chi connectivity index (χ0n) is 17.3. The molecular weight excluding hydrogens is 378 g/mol. The summed E-state index contributed by atoms with van der Waals surface area (Å²) in [5.74, 6) is 1.34. The van der Waals surface area contributed by atoms with Gasteiger partial charge in [0.15, 0.2) is 0 Å². The quantitative estimate of drug-likeness (QED) is 0.515. The summed E-state index contributed by atoms with van der Waals surface area (Å²) in [7, 11) is 0. The highest BCUT2D eigenvalue weighted by Crippen LogP contribution is 2.22. The van der Waals surface area contributed by atoms with E-state index in [1.165, 1.54) is 4.57 Å². The topological polar surface area (TPSA) is 92.7 Å². The second-order valence-electron chi connectivity index (χ2n) is 7.96. The summed E-state index contributed by atoms with van der Waals surface area (Å²) < 4.78 is 1.42. The lowest BCUT2D eigenvalue weighted by Gasteiger charge is -2.19. The van der Waals surface area contributed by atoms with Crippen LogP contribution in [0.3, 0.4) is 0 Å². The van der Waals surface area contributed by atoms with Crippen LogP contribution < -0.4 is 10.9 Å². The Hall–Kier alpha value is -3.48. The number of aromatic nitrogens is 4. The first kappa shape index (κ1) is 19.8. The van der Waals surface area contributed by atoms with E-state index < -0.39 is 0 Å². The number of rotatable bonds is 6. The van der Waals surface area contributed by atoms with Crippen molar-refractivity contribution < 1.29 is 4.79 Å². The number of H-pyrrole nitrogens is 1. The third kappa shape index (κ3) is 3.96. The SMILES string of the molecule is Cc1nc2ccccc2c(=O)n1CC(=O)NC(CC(C)C)c1nc2ccccc2[nH]1. The van der Waals surface area contributed by atoms with Crippen molar-refractivity contribution in [3.8, 4) is 0 Å². The van der Waals surface area contributed by atoms with Crippen molar-refractivity contribution in [2.75, 3.05) is 0 Å². The van der Waals surface area contributed by atoms with Gasteiger partial charge in [0, 0.05) is 0 Å². The standard InChI is InChI=1S/C23H25N5O2/c1-14(2)12-20(22-26-18-10-6-7-11-19(18)27-22)25-21(29)13-28-15(3)24-17-9-5-4-8-16(17)23(28)30/h4-11,14,20H,12-13H2,1-3H3,(H,25,29)(H,26,27). The summed E-state index contributed by atoms with van der Waals surface area (Å²) in [4.78, 5) is 38.2. The molecule has 2 heterocycles. The predicted octanol–water partition coefficient (Wildman–Crippen LogP) is 3.48. The van der Waals surface area contributed by atoms with Gasteiger partial charge in [-0.15, -0.1) is 0 Å². The third-order valence-corrected chi connectivity index (χ3v) is 5.13. The number of aryl methyl sites for hydroxylation is 1. The fourth-order valence-electron chi connectivity index (χ4n) is 3.70. The van der Waals surface area contributed by atoms with Crippen molar-refractivity contribution >= 4 is 27.8 Å². The molecule has 4 rings (SSSR count). The maximum absolute atomic E-state index is 12.9. The smallest absolute Gasteiger partial charge is 0.261 e. The summed E-state index contributed by atoms with van der Waals surface area (Å²) in [6, 6.07) is 14.7. The van der Waals surface area contributed by atoms with Crippen molar-refractivity contribution in [3.05, 3.63) is 70.5 Å².